The Hall–Kier alpha value is -2.41. The van der Waals surface area contributed by atoms with E-state index in [9.17, 15) is 5.26 Å². The highest BCUT2D eigenvalue weighted by Crippen LogP contribution is 2.24. The summed E-state index contributed by atoms with van der Waals surface area (Å²) >= 11 is 0. The molecule has 0 aliphatic carbocycles. The van der Waals surface area contributed by atoms with E-state index in [4.69, 9.17) is 4.98 Å². The van der Waals surface area contributed by atoms with E-state index in [2.05, 4.69) is 54.1 Å². The van der Waals surface area contributed by atoms with Crippen LogP contribution in [0.3, 0.4) is 0 Å². The van der Waals surface area contributed by atoms with Crippen molar-refractivity contribution in [3.63, 3.8) is 0 Å². The Balaban J connectivity index is 1.96. The standard InChI is InChI=1S/C19H22N4/c1-14(2)15-6-8-16(9-7-15)18-12-17(13-20)21-19(22-18)23-10-4-3-5-11-23/h6-9,12,14H,3-5,10-11H2,1-2H3. The number of hydrogen-bond donors (Lipinski definition) is 0. The van der Waals surface area contributed by atoms with Gasteiger partial charge in [-0.25, -0.2) is 9.97 Å². The summed E-state index contributed by atoms with van der Waals surface area (Å²) in [5.74, 6) is 1.19. The predicted molar refractivity (Wildman–Crippen MR) is 92.3 cm³/mol. The number of benzene rings is 1. The van der Waals surface area contributed by atoms with Crippen LogP contribution in [0.1, 0.15) is 50.3 Å². The van der Waals surface area contributed by atoms with Crippen LogP contribution >= 0.6 is 0 Å². The molecule has 1 aromatic heterocycles. The van der Waals surface area contributed by atoms with Crippen molar-refractivity contribution >= 4 is 5.95 Å². The zero-order valence-corrected chi connectivity index (χ0v) is 13.8. The molecule has 3 rings (SSSR count). The molecule has 2 aromatic rings. The fourth-order valence-electron chi connectivity index (χ4n) is 2.91. The van der Waals surface area contributed by atoms with Crippen LogP contribution in [-0.4, -0.2) is 23.1 Å². The summed E-state index contributed by atoms with van der Waals surface area (Å²) in [6.45, 7) is 6.31. The average Bonchev–Trinajstić information content (AvgIpc) is 2.62. The normalized spacial score (nSPS) is 14.8. The molecule has 4 heteroatoms. The van der Waals surface area contributed by atoms with E-state index in [1.54, 1.807) is 6.07 Å². The van der Waals surface area contributed by atoms with Gasteiger partial charge in [0.15, 0.2) is 0 Å². The van der Waals surface area contributed by atoms with Crippen LogP contribution in [-0.2, 0) is 0 Å². The zero-order valence-electron chi connectivity index (χ0n) is 13.8. The molecule has 0 saturated carbocycles. The molecule has 0 unspecified atom stereocenters. The van der Waals surface area contributed by atoms with E-state index >= 15 is 0 Å². The molecular weight excluding hydrogens is 284 g/mol. The van der Waals surface area contributed by atoms with Gasteiger partial charge in [-0.1, -0.05) is 38.1 Å². The van der Waals surface area contributed by atoms with Crippen LogP contribution in [0, 0.1) is 11.3 Å². The molecule has 118 valence electrons. The van der Waals surface area contributed by atoms with E-state index in [1.807, 2.05) is 0 Å². The lowest BCUT2D eigenvalue weighted by atomic mass is 10.0. The van der Waals surface area contributed by atoms with Gasteiger partial charge in [0.05, 0.1) is 5.69 Å². The second kappa shape index (κ2) is 6.78. The minimum Gasteiger partial charge on any atom is -0.341 e. The van der Waals surface area contributed by atoms with Gasteiger partial charge in [0, 0.05) is 24.7 Å². The third-order valence-electron chi connectivity index (χ3n) is 4.34. The number of nitrogens with zero attached hydrogens (tertiary/aromatic N) is 4. The molecule has 1 saturated heterocycles. The maximum absolute atomic E-state index is 9.29. The zero-order chi connectivity index (χ0) is 16.2. The molecule has 0 spiro atoms. The second-order valence-corrected chi connectivity index (χ2v) is 6.37. The number of piperidine rings is 1. The first-order valence-electron chi connectivity index (χ1n) is 8.32. The van der Waals surface area contributed by atoms with E-state index in [0.717, 1.165) is 24.3 Å². The van der Waals surface area contributed by atoms with Gasteiger partial charge in [-0.05, 0) is 30.7 Å². The number of aromatic nitrogens is 2. The highest BCUT2D eigenvalue weighted by atomic mass is 15.3. The summed E-state index contributed by atoms with van der Waals surface area (Å²) in [6.07, 6.45) is 3.59. The molecule has 0 N–H and O–H groups in total. The molecular formula is C19H22N4. The molecule has 1 aromatic carbocycles. The number of anilines is 1. The fraction of sp³-hybridized carbons (Fsp3) is 0.421. The van der Waals surface area contributed by atoms with Crippen LogP contribution in [0.15, 0.2) is 30.3 Å². The Labute approximate surface area is 137 Å². The molecule has 1 fully saturated rings. The Kier molecular flexibility index (Phi) is 4.57. The number of hydrogen-bond acceptors (Lipinski definition) is 4. The third-order valence-corrected chi connectivity index (χ3v) is 4.34. The van der Waals surface area contributed by atoms with Crippen molar-refractivity contribution in [2.24, 2.45) is 0 Å². The van der Waals surface area contributed by atoms with Crippen molar-refractivity contribution in [2.45, 2.75) is 39.0 Å². The van der Waals surface area contributed by atoms with E-state index in [-0.39, 0.29) is 0 Å². The summed E-state index contributed by atoms with van der Waals surface area (Å²) in [7, 11) is 0. The summed E-state index contributed by atoms with van der Waals surface area (Å²) in [4.78, 5) is 11.3. The number of nitriles is 1. The lowest BCUT2D eigenvalue weighted by Crippen LogP contribution is -2.31. The lowest BCUT2D eigenvalue weighted by Gasteiger charge is -2.26. The molecule has 1 aliphatic heterocycles. The minimum atomic E-state index is 0.434. The Morgan fingerprint density at radius 1 is 1.04 bits per heavy atom. The van der Waals surface area contributed by atoms with Crippen molar-refractivity contribution < 1.29 is 0 Å². The van der Waals surface area contributed by atoms with Gasteiger partial charge in [-0.15, -0.1) is 0 Å². The van der Waals surface area contributed by atoms with Crippen LogP contribution in [0.25, 0.3) is 11.3 Å². The first-order valence-corrected chi connectivity index (χ1v) is 8.32. The van der Waals surface area contributed by atoms with E-state index < -0.39 is 0 Å². The number of rotatable bonds is 3. The monoisotopic (exact) mass is 306 g/mol. The van der Waals surface area contributed by atoms with Crippen molar-refractivity contribution in [1.82, 2.24) is 9.97 Å². The van der Waals surface area contributed by atoms with Crippen molar-refractivity contribution in [3.8, 4) is 17.3 Å². The SMILES string of the molecule is CC(C)c1ccc(-c2cc(C#N)nc(N3CCCCC3)n2)cc1. The smallest absolute Gasteiger partial charge is 0.227 e. The van der Waals surface area contributed by atoms with E-state index in [1.165, 1.54) is 24.8 Å². The Bertz CT molecular complexity index is 707. The summed E-state index contributed by atoms with van der Waals surface area (Å²) < 4.78 is 0. The highest BCUT2D eigenvalue weighted by Gasteiger charge is 2.16. The van der Waals surface area contributed by atoms with Gasteiger partial charge in [0.2, 0.25) is 5.95 Å². The molecule has 23 heavy (non-hydrogen) atoms. The molecule has 2 heterocycles. The molecule has 0 atom stereocenters. The van der Waals surface area contributed by atoms with Crippen molar-refractivity contribution in [2.75, 3.05) is 18.0 Å². The van der Waals surface area contributed by atoms with Gasteiger partial charge in [0.1, 0.15) is 11.8 Å². The third kappa shape index (κ3) is 3.50. The van der Waals surface area contributed by atoms with Crippen molar-refractivity contribution in [3.05, 3.63) is 41.6 Å². The fourth-order valence-corrected chi connectivity index (χ4v) is 2.91. The Morgan fingerprint density at radius 2 is 1.74 bits per heavy atom. The molecule has 0 amide bonds. The highest BCUT2D eigenvalue weighted by molar-refractivity contribution is 5.62. The summed E-state index contributed by atoms with van der Waals surface area (Å²) in [6, 6.07) is 12.4. The topological polar surface area (TPSA) is 52.8 Å². The van der Waals surface area contributed by atoms with Gasteiger partial charge >= 0.3 is 0 Å². The average molecular weight is 306 g/mol. The van der Waals surface area contributed by atoms with Crippen LogP contribution in [0.4, 0.5) is 5.95 Å². The first kappa shape index (κ1) is 15.5. The van der Waals surface area contributed by atoms with Gasteiger partial charge in [-0.3, -0.25) is 0 Å². The molecule has 1 aliphatic rings. The van der Waals surface area contributed by atoms with Crippen LogP contribution in [0.5, 0.6) is 0 Å². The van der Waals surface area contributed by atoms with E-state index in [0.29, 0.717) is 17.6 Å². The maximum atomic E-state index is 9.29. The second-order valence-electron chi connectivity index (χ2n) is 6.37. The molecule has 0 bridgehead atoms. The minimum absolute atomic E-state index is 0.434. The van der Waals surface area contributed by atoms with Gasteiger partial charge < -0.3 is 4.90 Å². The van der Waals surface area contributed by atoms with Crippen LogP contribution in [0.2, 0.25) is 0 Å². The largest absolute Gasteiger partial charge is 0.341 e. The Morgan fingerprint density at radius 3 is 2.35 bits per heavy atom. The van der Waals surface area contributed by atoms with Crippen LogP contribution < -0.4 is 4.90 Å². The lowest BCUT2D eigenvalue weighted by molar-refractivity contribution is 0.568. The summed E-state index contributed by atoms with van der Waals surface area (Å²) in [5, 5.41) is 9.29. The molecule has 4 nitrogen and oxygen atoms in total. The first-order chi connectivity index (χ1) is 11.2. The van der Waals surface area contributed by atoms with Gasteiger partial charge in [-0.2, -0.15) is 5.26 Å². The maximum Gasteiger partial charge on any atom is 0.227 e. The predicted octanol–water partition coefficient (Wildman–Crippen LogP) is 4.13. The van der Waals surface area contributed by atoms with Gasteiger partial charge in [0.25, 0.3) is 0 Å². The molecule has 0 radical (unpaired) electrons. The van der Waals surface area contributed by atoms with Crippen molar-refractivity contribution in [1.29, 1.82) is 5.26 Å². The summed E-state index contributed by atoms with van der Waals surface area (Å²) in [5.41, 5.74) is 3.60. The quantitative estimate of drug-likeness (QED) is 0.855.